The van der Waals surface area contributed by atoms with Crippen LogP contribution in [0.25, 0.3) is 22.3 Å². The summed E-state index contributed by atoms with van der Waals surface area (Å²) in [5.74, 6) is 0.0991. The lowest BCUT2D eigenvalue weighted by Crippen LogP contribution is -2.17. The van der Waals surface area contributed by atoms with Crippen LogP contribution in [-0.4, -0.2) is 20.4 Å². The minimum absolute atomic E-state index is 0.0734. The number of ether oxygens (including phenoxy) is 1. The number of rotatable bonds is 6. The molecule has 1 aliphatic rings. The molecule has 2 heterocycles. The van der Waals surface area contributed by atoms with Crippen LogP contribution < -0.4 is 16.2 Å². The van der Waals surface area contributed by atoms with E-state index in [1.807, 2.05) is 60.9 Å². The molecule has 2 aromatic carbocycles. The fraction of sp³-hybridized carbons (Fsp3) is 0.240. The van der Waals surface area contributed by atoms with Crippen molar-refractivity contribution >= 4 is 22.8 Å². The van der Waals surface area contributed by atoms with Gasteiger partial charge in [0.05, 0.1) is 12.0 Å². The summed E-state index contributed by atoms with van der Waals surface area (Å²) >= 11 is 0. The first-order chi connectivity index (χ1) is 15.5. The van der Waals surface area contributed by atoms with Gasteiger partial charge in [-0.2, -0.15) is 0 Å². The molecule has 1 amide bonds. The Hall–Kier alpha value is -3.87. The number of aromatic nitrogens is 3. The van der Waals surface area contributed by atoms with Gasteiger partial charge in [0.25, 0.3) is 5.91 Å². The summed E-state index contributed by atoms with van der Waals surface area (Å²) < 4.78 is 8.17. The average Bonchev–Trinajstić information content (AvgIpc) is 3.54. The number of aryl methyl sites for hydroxylation is 1. The number of imidazole rings is 1. The van der Waals surface area contributed by atoms with E-state index in [2.05, 4.69) is 9.97 Å². The molecule has 0 bridgehead atoms. The molecule has 0 unspecified atom stereocenters. The fourth-order valence-electron chi connectivity index (χ4n) is 4.22. The number of carbonyl (C=O) groups excluding carboxylic acids is 1. The molecule has 0 radical (unpaired) electrons. The van der Waals surface area contributed by atoms with Crippen LogP contribution >= 0.6 is 0 Å². The van der Waals surface area contributed by atoms with Gasteiger partial charge in [-0.1, -0.05) is 36.4 Å². The maximum absolute atomic E-state index is 12.2. The fourth-order valence-corrected chi connectivity index (χ4v) is 4.22. The van der Waals surface area contributed by atoms with Crippen molar-refractivity contribution in [3.05, 3.63) is 71.2 Å². The molecule has 2 aromatic heterocycles. The standard InChI is InChI=1S/C25H25N5O2/c1-14-8-11-18(32-12-16-6-4-3-5-7-16)15(2)19(14)20-21(26)23(24(27)31)29-25-22(20)28-13-30(25)17-9-10-17/h3-8,11,13,17H,9-10,12,26H2,1-2H3,(H2,27,31). The summed E-state index contributed by atoms with van der Waals surface area (Å²) in [6.07, 6.45) is 3.92. The van der Waals surface area contributed by atoms with Crippen LogP contribution in [0.15, 0.2) is 48.8 Å². The zero-order valence-corrected chi connectivity index (χ0v) is 18.1. The first-order valence-electron chi connectivity index (χ1n) is 10.7. The second-order valence-electron chi connectivity index (χ2n) is 8.32. The second-order valence-corrected chi connectivity index (χ2v) is 8.32. The molecule has 1 fully saturated rings. The van der Waals surface area contributed by atoms with Crippen LogP contribution in [0.5, 0.6) is 5.75 Å². The third kappa shape index (κ3) is 3.36. The maximum atomic E-state index is 12.2. The van der Waals surface area contributed by atoms with E-state index in [-0.39, 0.29) is 11.4 Å². The molecule has 4 N–H and O–H groups in total. The van der Waals surface area contributed by atoms with Crippen LogP contribution in [0.2, 0.25) is 0 Å². The molecular weight excluding hydrogens is 402 g/mol. The topological polar surface area (TPSA) is 109 Å². The number of benzene rings is 2. The highest BCUT2D eigenvalue weighted by atomic mass is 16.5. The van der Waals surface area contributed by atoms with Crippen LogP contribution in [0.3, 0.4) is 0 Å². The highest BCUT2D eigenvalue weighted by Gasteiger charge is 2.29. The molecular formula is C25H25N5O2. The van der Waals surface area contributed by atoms with Gasteiger partial charge in [-0.25, -0.2) is 9.97 Å². The van der Waals surface area contributed by atoms with E-state index in [0.717, 1.165) is 40.8 Å². The Bertz CT molecular complexity index is 1340. The molecule has 5 rings (SSSR count). The first-order valence-corrected chi connectivity index (χ1v) is 10.7. The van der Waals surface area contributed by atoms with Crippen LogP contribution in [0.4, 0.5) is 5.69 Å². The number of hydrogen-bond acceptors (Lipinski definition) is 5. The minimum Gasteiger partial charge on any atom is -0.489 e. The van der Waals surface area contributed by atoms with Gasteiger partial charge < -0.3 is 20.8 Å². The van der Waals surface area contributed by atoms with Crippen molar-refractivity contribution in [1.29, 1.82) is 0 Å². The van der Waals surface area contributed by atoms with Gasteiger partial charge in [0.15, 0.2) is 11.3 Å². The van der Waals surface area contributed by atoms with Crippen LogP contribution in [-0.2, 0) is 6.61 Å². The highest BCUT2D eigenvalue weighted by Crippen LogP contribution is 2.43. The zero-order valence-electron chi connectivity index (χ0n) is 18.1. The number of nitrogens with two attached hydrogens (primary N) is 2. The van der Waals surface area contributed by atoms with E-state index in [1.165, 1.54) is 0 Å². The van der Waals surface area contributed by atoms with E-state index in [4.69, 9.17) is 16.2 Å². The summed E-state index contributed by atoms with van der Waals surface area (Å²) in [7, 11) is 0. The zero-order chi connectivity index (χ0) is 22.4. The van der Waals surface area contributed by atoms with Gasteiger partial charge in [0, 0.05) is 11.6 Å². The molecule has 0 aliphatic heterocycles. The summed E-state index contributed by atoms with van der Waals surface area (Å²) in [6, 6.07) is 14.3. The van der Waals surface area contributed by atoms with E-state index in [0.29, 0.717) is 29.4 Å². The van der Waals surface area contributed by atoms with Crippen molar-refractivity contribution in [2.24, 2.45) is 5.73 Å². The Morgan fingerprint density at radius 3 is 2.56 bits per heavy atom. The Morgan fingerprint density at radius 1 is 1.12 bits per heavy atom. The summed E-state index contributed by atoms with van der Waals surface area (Å²) in [4.78, 5) is 21.3. The number of pyridine rings is 1. The quantitative estimate of drug-likeness (QED) is 0.476. The Labute approximate surface area is 186 Å². The number of anilines is 1. The molecule has 7 heteroatoms. The van der Waals surface area contributed by atoms with E-state index in [1.54, 1.807) is 6.33 Å². The van der Waals surface area contributed by atoms with Crippen LogP contribution in [0, 0.1) is 13.8 Å². The largest absolute Gasteiger partial charge is 0.489 e. The number of nitrogens with zero attached hydrogens (tertiary/aromatic N) is 3. The lowest BCUT2D eigenvalue weighted by atomic mass is 9.93. The molecule has 1 aliphatic carbocycles. The SMILES string of the molecule is Cc1ccc(OCc2ccccc2)c(C)c1-c1c(N)c(C(N)=O)nc2c1ncn2C1CC1. The van der Waals surface area contributed by atoms with E-state index >= 15 is 0 Å². The lowest BCUT2D eigenvalue weighted by Gasteiger charge is -2.18. The molecule has 1 saturated carbocycles. The minimum atomic E-state index is -0.652. The number of amides is 1. The van der Waals surface area contributed by atoms with Gasteiger partial charge in [-0.05, 0) is 55.0 Å². The van der Waals surface area contributed by atoms with Gasteiger partial charge in [-0.15, -0.1) is 0 Å². The third-order valence-electron chi connectivity index (χ3n) is 6.03. The number of carbonyl (C=O) groups is 1. The molecule has 4 aromatic rings. The number of fused-ring (bicyclic) bond motifs is 1. The van der Waals surface area contributed by atoms with E-state index in [9.17, 15) is 4.79 Å². The molecule has 162 valence electrons. The highest BCUT2D eigenvalue weighted by molar-refractivity contribution is 6.07. The Balaban J connectivity index is 1.68. The normalized spacial score (nSPS) is 13.4. The van der Waals surface area contributed by atoms with Gasteiger partial charge in [0.1, 0.15) is 17.9 Å². The van der Waals surface area contributed by atoms with Crippen molar-refractivity contribution < 1.29 is 9.53 Å². The summed E-state index contributed by atoms with van der Waals surface area (Å²) in [5.41, 5.74) is 18.4. The van der Waals surface area contributed by atoms with Crippen molar-refractivity contribution in [2.75, 3.05) is 5.73 Å². The summed E-state index contributed by atoms with van der Waals surface area (Å²) in [5, 5.41) is 0. The maximum Gasteiger partial charge on any atom is 0.269 e. The number of hydrogen-bond donors (Lipinski definition) is 2. The average molecular weight is 428 g/mol. The van der Waals surface area contributed by atoms with E-state index < -0.39 is 5.91 Å². The third-order valence-corrected chi connectivity index (χ3v) is 6.03. The van der Waals surface area contributed by atoms with Crippen molar-refractivity contribution in [3.8, 4) is 16.9 Å². The van der Waals surface area contributed by atoms with Crippen molar-refractivity contribution in [3.63, 3.8) is 0 Å². The monoisotopic (exact) mass is 427 g/mol. The number of primary amides is 1. The predicted octanol–water partition coefficient (Wildman–Crippen LogP) is 4.31. The Kier molecular flexibility index (Phi) is 4.81. The molecule has 0 saturated heterocycles. The van der Waals surface area contributed by atoms with Crippen molar-refractivity contribution in [1.82, 2.24) is 14.5 Å². The first kappa shape index (κ1) is 20.1. The molecule has 32 heavy (non-hydrogen) atoms. The van der Waals surface area contributed by atoms with Crippen LogP contribution in [0.1, 0.15) is 46.1 Å². The van der Waals surface area contributed by atoms with Gasteiger partial charge >= 0.3 is 0 Å². The Morgan fingerprint density at radius 2 is 1.88 bits per heavy atom. The summed E-state index contributed by atoms with van der Waals surface area (Å²) in [6.45, 7) is 4.46. The second kappa shape index (κ2) is 7.67. The molecule has 0 spiro atoms. The smallest absolute Gasteiger partial charge is 0.269 e. The predicted molar refractivity (Wildman–Crippen MR) is 124 cm³/mol. The molecule has 7 nitrogen and oxygen atoms in total. The lowest BCUT2D eigenvalue weighted by molar-refractivity contribution is 0.0997. The van der Waals surface area contributed by atoms with Gasteiger partial charge in [-0.3, -0.25) is 4.79 Å². The molecule has 0 atom stereocenters. The number of nitrogen functional groups attached to an aromatic ring is 1. The van der Waals surface area contributed by atoms with Gasteiger partial charge in [0.2, 0.25) is 0 Å². The van der Waals surface area contributed by atoms with Crippen molar-refractivity contribution in [2.45, 2.75) is 39.3 Å².